The summed E-state index contributed by atoms with van der Waals surface area (Å²) < 4.78 is 1.05. The number of fused-ring (bicyclic) bond motifs is 3. The molecule has 2 aliphatic rings. The van der Waals surface area contributed by atoms with Gasteiger partial charge in [0.15, 0.2) is 6.23 Å². The van der Waals surface area contributed by atoms with Crippen molar-refractivity contribution >= 4 is 21.6 Å². The van der Waals surface area contributed by atoms with E-state index in [1.807, 2.05) is 54.6 Å². The summed E-state index contributed by atoms with van der Waals surface area (Å²) in [5.41, 5.74) is 5.26. The van der Waals surface area contributed by atoms with E-state index >= 15 is 0 Å². The molecule has 5 rings (SSSR count). The number of benzene rings is 3. The third-order valence-corrected chi connectivity index (χ3v) is 6.62. The summed E-state index contributed by atoms with van der Waals surface area (Å²) in [5, 5.41) is 14.7. The second kappa shape index (κ2) is 7.74. The minimum atomic E-state index is -0.257. The third-order valence-electron chi connectivity index (χ3n) is 5.85. The van der Waals surface area contributed by atoms with Crippen LogP contribution in [-0.2, 0) is 11.4 Å². The lowest BCUT2D eigenvalue weighted by Gasteiger charge is -2.42. The summed E-state index contributed by atoms with van der Waals surface area (Å²) in [6.07, 6.45) is 1.65. The molecule has 3 atom stereocenters. The topological polar surface area (TPSA) is 45.1 Å². The predicted octanol–water partition coefficient (Wildman–Crippen LogP) is 5.74. The molecule has 0 spiro atoms. The van der Waals surface area contributed by atoms with Crippen LogP contribution in [0.5, 0.6) is 5.75 Å². The molecule has 0 aromatic heterocycles. The van der Waals surface area contributed by atoms with Crippen LogP contribution < -0.4 is 0 Å². The summed E-state index contributed by atoms with van der Waals surface area (Å²) in [5.74, 6) is 0.193. The molecule has 3 aromatic rings. The molecular formula is C25H21BrN2O2. The van der Waals surface area contributed by atoms with Crippen molar-refractivity contribution in [2.75, 3.05) is 0 Å². The fraction of sp³-hybridized carbons (Fsp3) is 0.160. The molecule has 4 nitrogen and oxygen atoms in total. The maximum absolute atomic E-state index is 10.2. The number of phenolic OH excluding ortho intramolecular Hbond substituents is 1. The molecule has 5 heteroatoms. The zero-order valence-electron chi connectivity index (χ0n) is 16.3. The summed E-state index contributed by atoms with van der Waals surface area (Å²) in [7, 11) is 0. The molecule has 0 fully saturated rings. The first kappa shape index (κ1) is 19.1. The van der Waals surface area contributed by atoms with Gasteiger partial charge in [0.1, 0.15) is 5.75 Å². The number of hydrogen-bond donors (Lipinski definition) is 1. The van der Waals surface area contributed by atoms with Gasteiger partial charge in [0, 0.05) is 16.6 Å². The van der Waals surface area contributed by atoms with Gasteiger partial charge in [0.05, 0.1) is 17.7 Å². The molecule has 1 N–H and O–H groups in total. The maximum Gasteiger partial charge on any atom is 0.194 e. The molecule has 0 saturated heterocycles. The van der Waals surface area contributed by atoms with E-state index in [1.165, 1.54) is 0 Å². The van der Waals surface area contributed by atoms with Gasteiger partial charge in [-0.15, -0.1) is 6.58 Å². The predicted molar refractivity (Wildman–Crippen MR) is 121 cm³/mol. The Morgan fingerprint density at radius 2 is 1.80 bits per heavy atom. The van der Waals surface area contributed by atoms with Crippen LogP contribution in [0, 0.1) is 0 Å². The normalized spacial score (nSPS) is 22.6. The zero-order chi connectivity index (χ0) is 20.7. The summed E-state index contributed by atoms with van der Waals surface area (Å²) in [4.78, 5) is 8.32. The first-order chi connectivity index (χ1) is 14.7. The van der Waals surface area contributed by atoms with Crippen molar-refractivity contribution in [3.05, 3.63) is 112 Å². The minimum absolute atomic E-state index is 0.0540. The Labute approximate surface area is 184 Å². The lowest BCUT2D eigenvalue weighted by atomic mass is 9.79. The van der Waals surface area contributed by atoms with E-state index in [0.717, 1.165) is 32.4 Å². The van der Waals surface area contributed by atoms with Crippen LogP contribution in [0.2, 0.25) is 0 Å². The van der Waals surface area contributed by atoms with E-state index < -0.39 is 0 Å². The second-order valence-electron chi connectivity index (χ2n) is 7.57. The Balaban J connectivity index is 1.63. The van der Waals surface area contributed by atoms with Crippen molar-refractivity contribution in [3.8, 4) is 5.75 Å². The molecule has 0 radical (unpaired) electrons. The highest BCUT2D eigenvalue weighted by atomic mass is 79.9. The quantitative estimate of drug-likeness (QED) is 0.504. The van der Waals surface area contributed by atoms with Crippen molar-refractivity contribution in [2.24, 2.45) is 5.16 Å². The molecule has 2 aliphatic heterocycles. The Morgan fingerprint density at radius 1 is 1.03 bits per heavy atom. The van der Waals surface area contributed by atoms with Gasteiger partial charge in [-0.05, 0) is 34.9 Å². The standard InChI is InChI=1S/C25H21BrN2O2/c1-2-22-20-14-18(29)12-13-19(20)23-24(16-8-4-3-5-9-16)27-30-25(23)28(22)15-17-10-6-7-11-21(17)26/h2-14,22-23,25,29H,1,15H2/t22-,23+,25-/m1/s1. The van der Waals surface area contributed by atoms with Crippen LogP contribution in [0.4, 0.5) is 0 Å². The number of hydrogen-bond acceptors (Lipinski definition) is 4. The lowest BCUT2D eigenvalue weighted by Crippen LogP contribution is -2.46. The lowest BCUT2D eigenvalue weighted by molar-refractivity contribution is -0.0719. The number of aromatic hydroxyl groups is 1. The van der Waals surface area contributed by atoms with Crippen molar-refractivity contribution in [3.63, 3.8) is 0 Å². The average Bonchev–Trinajstić information content (AvgIpc) is 3.21. The Bertz CT molecular complexity index is 1130. The van der Waals surface area contributed by atoms with Crippen molar-refractivity contribution in [2.45, 2.75) is 24.7 Å². The summed E-state index contributed by atoms with van der Waals surface area (Å²) >= 11 is 3.67. The van der Waals surface area contributed by atoms with Gasteiger partial charge in [-0.1, -0.05) is 81.8 Å². The van der Waals surface area contributed by atoms with E-state index in [-0.39, 0.29) is 23.9 Å². The fourth-order valence-corrected chi connectivity index (χ4v) is 4.88. The van der Waals surface area contributed by atoms with Gasteiger partial charge < -0.3 is 9.94 Å². The number of nitrogens with zero attached hydrogens (tertiary/aromatic N) is 2. The first-order valence-electron chi connectivity index (χ1n) is 9.91. The summed E-state index contributed by atoms with van der Waals surface area (Å²) in [6.45, 7) is 4.75. The highest BCUT2D eigenvalue weighted by molar-refractivity contribution is 9.10. The molecule has 3 aromatic carbocycles. The van der Waals surface area contributed by atoms with Gasteiger partial charge in [-0.2, -0.15) is 0 Å². The smallest absolute Gasteiger partial charge is 0.194 e. The van der Waals surface area contributed by atoms with E-state index in [9.17, 15) is 5.11 Å². The molecule has 2 heterocycles. The number of oxime groups is 1. The largest absolute Gasteiger partial charge is 0.508 e. The van der Waals surface area contributed by atoms with Gasteiger partial charge in [0.25, 0.3) is 0 Å². The van der Waals surface area contributed by atoms with Crippen LogP contribution in [0.1, 0.15) is 34.2 Å². The average molecular weight is 461 g/mol. The Kier molecular flexibility index (Phi) is 4.93. The SMILES string of the molecule is C=C[C@@H]1c2cc(O)ccc2[C@H]2C(c3ccccc3)=NO[C@H]2N1Cc1ccccc1Br. The van der Waals surface area contributed by atoms with Gasteiger partial charge >= 0.3 is 0 Å². The van der Waals surface area contributed by atoms with E-state index in [0.29, 0.717) is 6.54 Å². The van der Waals surface area contributed by atoms with E-state index in [1.54, 1.807) is 6.07 Å². The molecular weight excluding hydrogens is 440 g/mol. The van der Waals surface area contributed by atoms with Gasteiger partial charge in [0.2, 0.25) is 0 Å². The first-order valence-corrected chi connectivity index (χ1v) is 10.7. The summed E-state index contributed by atoms with van der Waals surface area (Å²) in [6, 6.07) is 23.8. The highest BCUT2D eigenvalue weighted by Gasteiger charge is 2.47. The Hall–Kier alpha value is -2.89. The molecule has 0 aliphatic carbocycles. The zero-order valence-corrected chi connectivity index (χ0v) is 17.9. The fourth-order valence-electron chi connectivity index (χ4n) is 4.47. The van der Waals surface area contributed by atoms with Crippen LogP contribution >= 0.6 is 15.9 Å². The molecule has 150 valence electrons. The van der Waals surface area contributed by atoms with Crippen LogP contribution in [0.3, 0.4) is 0 Å². The molecule has 0 saturated carbocycles. The number of rotatable bonds is 4. The number of halogens is 1. The molecule has 30 heavy (non-hydrogen) atoms. The Morgan fingerprint density at radius 3 is 2.57 bits per heavy atom. The van der Waals surface area contributed by atoms with Gasteiger partial charge in [-0.3, -0.25) is 4.90 Å². The third kappa shape index (κ3) is 3.15. The van der Waals surface area contributed by atoms with Gasteiger partial charge in [-0.25, -0.2) is 0 Å². The molecule has 0 amide bonds. The second-order valence-corrected chi connectivity index (χ2v) is 8.43. The van der Waals surface area contributed by atoms with Crippen LogP contribution in [0.15, 0.2) is 95.1 Å². The highest BCUT2D eigenvalue weighted by Crippen LogP contribution is 2.47. The monoisotopic (exact) mass is 460 g/mol. The van der Waals surface area contributed by atoms with Crippen LogP contribution in [0.25, 0.3) is 0 Å². The molecule has 0 bridgehead atoms. The van der Waals surface area contributed by atoms with Crippen LogP contribution in [-0.4, -0.2) is 21.9 Å². The van der Waals surface area contributed by atoms with E-state index in [4.69, 9.17) is 4.84 Å². The minimum Gasteiger partial charge on any atom is -0.508 e. The molecule has 0 unspecified atom stereocenters. The maximum atomic E-state index is 10.2. The van der Waals surface area contributed by atoms with E-state index in [2.05, 4.69) is 50.8 Å². The van der Waals surface area contributed by atoms with Crippen molar-refractivity contribution in [1.82, 2.24) is 4.90 Å². The number of phenols is 1. The van der Waals surface area contributed by atoms with Crippen molar-refractivity contribution in [1.29, 1.82) is 0 Å². The van der Waals surface area contributed by atoms with Crippen molar-refractivity contribution < 1.29 is 9.94 Å².